The average molecular weight is 313 g/mol. The molecule has 0 aliphatic carbocycles. The third-order valence-electron chi connectivity index (χ3n) is 3.37. The van der Waals surface area contributed by atoms with Gasteiger partial charge in [0.15, 0.2) is 5.11 Å². The quantitative estimate of drug-likeness (QED) is 0.774. The number of rotatable bonds is 5. The van der Waals surface area contributed by atoms with Gasteiger partial charge in [-0.2, -0.15) is 0 Å². The van der Waals surface area contributed by atoms with Gasteiger partial charge in [0.2, 0.25) is 0 Å². The lowest BCUT2D eigenvalue weighted by Gasteiger charge is -2.11. The van der Waals surface area contributed by atoms with Crippen LogP contribution in [-0.2, 0) is 6.42 Å². The van der Waals surface area contributed by atoms with E-state index in [1.165, 1.54) is 18.4 Å². The summed E-state index contributed by atoms with van der Waals surface area (Å²) in [5, 5.41) is 6.88. The zero-order valence-electron chi connectivity index (χ0n) is 13.4. The smallest absolute Gasteiger partial charge is 0.176 e. The molecule has 2 rings (SSSR count). The maximum Gasteiger partial charge on any atom is 0.176 e. The largest absolute Gasteiger partial charge is 0.332 e. The molecule has 0 atom stereocenters. The molecule has 1 aromatic carbocycles. The molecule has 0 aliphatic rings. The molecule has 2 N–H and O–H groups in total. The van der Waals surface area contributed by atoms with Crippen molar-refractivity contribution in [3.05, 3.63) is 53.2 Å². The van der Waals surface area contributed by atoms with E-state index in [-0.39, 0.29) is 0 Å². The molecule has 2 aromatic rings. The lowest BCUT2D eigenvalue weighted by molar-refractivity contribution is 0.795. The van der Waals surface area contributed by atoms with E-state index >= 15 is 0 Å². The lowest BCUT2D eigenvalue weighted by Crippen LogP contribution is -2.20. The van der Waals surface area contributed by atoms with E-state index in [2.05, 4.69) is 46.8 Å². The van der Waals surface area contributed by atoms with E-state index in [0.717, 1.165) is 29.2 Å². The van der Waals surface area contributed by atoms with Gasteiger partial charge in [-0.3, -0.25) is 0 Å². The maximum absolute atomic E-state index is 5.35. The fraction of sp³-hybridized carbons (Fsp3) is 0.333. The van der Waals surface area contributed by atoms with Gasteiger partial charge in [0.05, 0.1) is 0 Å². The van der Waals surface area contributed by atoms with Gasteiger partial charge in [-0.1, -0.05) is 25.5 Å². The van der Waals surface area contributed by atoms with Crippen LogP contribution in [0.2, 0.25) is 0 Å². The van der Waals surface area contributed by atoms with Crippen molar-refractivity contribution in [1.29, 1.82) is 0 Å². The van der Waals surface area contributed by atoms with Crippen LogP contribution in [0, 0.1) is 13.8 Å². The highest BCUT2D eigenvalue weighted by molar-refractivity contribution is 7.80. The van der Waals surface area contributed by atoms with Crippen LogP contribution in [0.5, 0.6) is 0 Å². The Morgan fingerprint density at radius 1 is 1.09 bits per heavy atom. The summed E-state index contributed by atoms with van der Waals surface area (Å²) in [7, 11) is 0. The molecule has 1 heterocycles. The third-order valence-corrected chi connectivity index (χ3v) is 3.57. The van der Waals surface area contributed by atoms with E-state index in [1.807, 2.05) is 26.0 Å². The molecule has 0 bridgehead atoms. The highest BCUT2D eigenvalue weighted by Gasteiger charge is 2.02. The highest BCUT2D eigenvalue weighted by atomic mass is 32.1. The van der Waals surface area contributed by atoms with Crippen molar-refractivity contribution in [3.63, 3.8) is 0 Å². The Kier molecular flexibility index (Phi) is 5.90. The van der Waals surface area contributed by atoms with Gasteiger partial charge in [-0.05, 0) is 74.3 Å². The number of nitrogens with one attached hydrogen (secondary N) is 2. The van der Waals surface area contributed by atoms with Crippen LogP contribution < -0.4 is 10.6 Å². The van der Waals surface area contributed by atoms with Crippen LogP contribution in [0.15, 0.2) is 36.4 Å². The Bertz CT molecular complexity index is 615. The minimum Gasteiger partial charge on any atom is -0.332 e. The predicted octanol–water partition coefficient (Wildman–Crippen LogP) is 4.85. The maximum atomic E-state index is 5.35. The highest BCUT2D eigenvalue weighted by Crippen LogP contribution is 2.13. The molecular formula is C18H23N3S. The topological polar surface area (TPSA) is 37.0 Å². The minimum atomic E-state index is 0.554. The molecule has 0 saturated carbocycles. The number of hydrogen-bond donors (Lipinski definition) is 2. The number of benzene rings is 1. The molecule has 0 radical (unpaired) electrons. The molecule has 22 heavy (non-hydrogen) atoms. The Hall–Kier alpha value is -1.94. The molecule has 1 aromatic heterocycles. The number of thiocarbonyl (C=S) groups is 1. The second kappa shape index (κ2) is 7.90. The van der Waals surface area contributed by atoms with E-state index in [1.54, 1.807) is 0 Å². The van der Waals surface area contributed by atoms with Gasteiger partial charge in [0, 0.05) is 11.4 Å². The first-order chi connectivity index (χ1) is 10.6. The predicted molar refractivity (Wildman–Crippen MR) is 98.6 cm³/mol. The molecule has 0 saturated heterocycles. The van der Waals surface area contributed by atoms with E-state index in [4.69, 9.17) is 12.2 Å². The number of nitrogens with zero attached hydrogens (tertiary/aromatic N) is 1. The second-order valence-electron chi connectivity index (χ2n) is 5.55. The molecule has 0 unspecified atom stereocenters. The van der Waals surface area contributed by atoms with Crippen LogP contribution in [0.4, 0.5) is 11.5 Å². The molecule has 3 nitrogen and oxygen atoms in total. The van der Waals surface area contributed by atoms with Crippen molar-refractivity contribution in [2.75, 3.05) is 10.6 Å². The van der Waals surface area contributed by atoms with E-state index < -0.39 is 0 Å². The molecule has 0 amide bonds. The Morgan fingerprint density at radius 3 is 2.45 bits per heavy atom. The van der Waals surface area contributed by atoms with Crippen molar-refractivity contribution >= 4 is 28.8 Å². The lowest BCUT2D eigenvalue weighted by atomic mass is 10.1. The third kappa shape index (κ3) is 5.11. The Morgan fingerprint density at radius 2 is 1.82 bits per heavy atom. The van der Waals surface area contributed by atoms with Crippen LogP contribution in [0.3, 0.4) is 0 Å². The summed E-state index contributed by atoms with van der Waals surface area (Å²) in [6.07, 6.45) is 3.58. The van der Waals surface area contributed by atoms with Gasteiger partial charge >= 0.3 is 0 Å². The summed E-state index contributed by atoms with van der Waals surface area (Å²) < 4.78 is 0. The monoisotopic (exact) mass is 313 g/mol. The number of aryl methyl sites for hydroxylation is 3. The first kappa shape index (κ1) is 16.4. The second-order valence-corrected chi connectivity index (χ2v) is 5.96. The van der Waals surface area contributed by atoms with Crippen LogP contribution in [-0.4, -0.2) is 10.1 Å². The molecule has 4 heteroatoms. The van der Waals surface area contributed by atoms with Crippen molar-refractivity contribution in [3.8, 4) is 0 Å². The molecular weight excluding hydrogens is 290 g/mol. The number of aromatic nitrogens is 1. The zero-order chi connectivity index (χ0) is 15.9. The van der Waals surface area contributed by atoms with Crippen molar-refractivity contribution < 1.29 is 0 Å². The number of hydrogen-bond acceptors (Lipinski definition) is 2. The first-order valence-electron chi connectivity index (χ1n) is 7.69. The van der Waals surface area contributed by atoms with Crippen LogP contribution >= 0.6 is 12.2 Å². The first-order valence-corrected chi connectivity index (χ1v) is 8.10. The van der Waals surface area contributed by atoms with Gasteiger partial charge in [-0.25, -0.2) is 4.98 Å². The van der Waals surface area contributed by atoms with E-state index in [9.17, 15) is 0 Å². The average Bonchev–Trinajstić information content (AvgIpc) is 2.45. The standard InChI is InChI=1S/C18H23N3S/c1-4-5-6-15-7-9-16(10-8-15)20-18(22)21-17-12-13(2)11-14(3)19-17/h7-12H,4-6H2,1-3H3,(H2,19,20,21,22). The zero-order valence-corrected chi connectivity index (χ0v) is 14.3. The van der Waals surface area contributed by atoms with Gasteiger partial charge in [-0.15, -0.1) is 0 Å². The molecule has 0 spiro atoms. The summed E-state index contributed by atoms with van der Waals surface area (Å²) >= 11 is 5.35. The van der Waals surface area contributed by atoms with E-state index in [0.29, 0.717) is 5.11 Å². The van der Waals surface area contributed by atoms with Crippen molar-refractivity contribution in [2.24, 2.45) is 0 Å². The number of anilines is 2. The number of pyridine rings is 1. The molecule has 0 aliphatic heterocycles. The summed E-state index contributed by atoms with van der Waals surface area (Å²) in [5.74, 6) is 0.773. The summed E-state index contributed by atoms with van der Waals surface area (Å²) in [6.45, 7) is 6.23. The van der Waals surface area contributed by atoms with Gasteiger partial charge < -0.3 is 10.6 Å². The van der Waals surface area contributed by atoms with Crippen LogP contribution in [0.25, 0.3) is 0 Å². The summed E-state index contributed by atoms with van der Waals surface area (Å²) in [6, 6.07) is 12.4. The SMILES string of the molecule is CCCCc1ccc(NC(=S)Nc2cc(C)cc(C)n2)cc1. The number of unbranched alkanes of at least 4 members (excludes halogenated alkanes) is 1. The fourth-order valence-electron chi connectivity index (χ4n) is 2.32. The Labute approximate surface area is 138 Å². The normalized spacial score (nSPS) is 10.3. The van der Waals surface area contributed by atoms with Gasteiger partial charge in [0.1, 0.15) is 5.82 Å². The van der Waals surface area contributed by atoms with Gasteiger partial charge in [0.25, 0.3) is 0 Å². The summed E-state index contributed by atoms with van der Waals surface area (Å²) in [4.78, 5) is 4.42. The van der Waals surface area contributed by atoms with Crippen molar-refractivity contribution in [2.45, 2.75) is 40.0 Å². The molecule has 0 fully saturated rings. The Balaban J connectivity index is 1.93. The fourth-order valence-corrected chi connectivity index (χ4v) is 2.54. The van der Waals surface area contributed by atoms with Crippen molar-refractivity contribution in [1.82, 2.24) is 4.98 Å². The van der Waals surface area contributed by atoms with Crippen LogP contribution in [0.1, 0.15) is 36.6 Å². The molecule has 116 valence electrons. The summed E-state index contributed by atoms with van der Waals surface area (Å²) in [5.41, 5.74) is 4.49. The minimum absolute atomic E-state index is 0.554.